The van der Waals surface area contributed by atoms with Crippen LogP contribution in [0.5, 0.6) is 0 Å². The molecule has 84 valence electrons. The number of hydrogen-bond donors (Lipinski definition) is 1. The zero-order valence-electron chi connectivity index (χ0n) is 9.19. The van der Waals surface area contributed by atoms with Gasteiger partial charge in [-0.05, 0) is 50.0 Å². The SMILES string of the molecule is CNCC(C)CCc1ccc(F)cc1Br. The van der Waals surface area contributed by atoms with Crippen LogP contribution in [-0.4, -0.2) is 13.6 Å². The van der Waals surface area contributed by atoms with Crippen LogP contribution in [0.4, 0.5) is 4.39 Å². The Balaban J connectivity index is 2.50. The lowest BCUT2D eigenvalue weighted by molar-refractivity contribution is 0.504. The van der Waals surface area contributed by atoms with E-state index in [0.29, 0.717) is 5.92 Å². The molecule has 0 radical (unpaired) electrons. The van der Waals surface area contributed by atoms with Crippen molar-refractivity contribution in [3.8, 4) is 0 Å². The first-order valence-corrected chi connectivity index (χ1v) is 6.01. The van der Waals surface area contributed by atoms with Crippen LogP contribution in [0.3, 0.4) is 0 Å². The van der Waals surface area contributed by atoms with Gasteiger partial charge in [0.15, 0.2) is 0 Å². The summed E-state index contributed by atoms with van der Waals surface area (Å²) in [5, 5.41) is 3.16. The Morgan fingerprint density at radius 3 is 2.80 bits per heavy atom. The summed E-state index contributed by atoms with van der Waals surface area (Å²) in [6.07, 6.45) is 2.11. The van der Waals surface area contributed by atoms with Gasteiger partial charge in [-0.2, -0.15) is 0 Å². The summed E-state index contributed by atoms with van der Waals surface area (Å²) >= 11 is 3.38. The molecule has 0 saturated heterocycles. The summed E-state index contributed by atoms with van der Waals surface area (Å²) in [7, 11) is 1.96. The van der Waals surface area contributed by atoms with Crippen LogP contribution >= 0.6 is 15.9 Å². The molecule has 1 atom stereocenters. The molecule has 3 heteroatoms. The molecular formula is C12H17BrFN. The minimum Gasteiger partial charge on any atom is -0.319 e. The fourth-order valence-corrected chi connectivity index (χ4v) is 2.13. The molecule has 1 aromatic rings. The molecule has 0 spiro atoms. The van der Waals surface area contributed by atoms with E-state index in [0.717, 1.165) is 23.9 Å². The fourth-order valence-electron chi connectivity index (χ4n) is 1.58. The number of halogens is 2. The van der Waals surface area contributed by atoms with Crippen LogP contribution in [0.25, 0.3) is 0 Å². The predicted molar refractivity (Wildman–Crippen MR) is 65.5 cm³/mol. The van der Waals surface area contributed by atoms with Crippen molar-refractivity contribution in [1.29, 1.82) is 0 Å². The highest BCUT2D eigenvalue weighted by atomic mass is 79.9. The van der Waals surface area contributed by atoms with Gasteiger partial charge in [0.1, 0.15) is 5.82 Å². The molecule has 1 aromatic carbocycles. The van der Waals surface area contributed by atoms with Crippen LogP contribution < -0.4 is 5.32 Å². The normalized spacial score (nSPS) is 12.8. The lowest BCUT2D eigenvalue weighted by Crippen LogP contribution is -2.16. The van der Waals surface area contributed by atoms with E-state index in [4.69, 9.17) is 0 Å². The second-order valence-corrected chi connectivity index (χ2v) is 4.79. The summed E-state index contributed by atoms with van der Waals surface area (Å²) in [4.78, 5) is 0. The Morgan fingerprint density at radius 1 is 1.47 bits per heavy atom. The van der Waals surface area contributed by atoms with E-state index in [1.807, 2.05) is 13.1 Å². The summed E-state index contributed by atoms with van der Waals surface area (Å²) in [5.74, 6) is 0.459. The quantitative estimate of drug-likeness (QED) is 0.868. The Morgan fingerprint density at radius 2 is 2.20 bits per heavy atom. The molecule has 0 aliphatic heterocycles. The van der Waals surface area contributed by atoms with Crippen molar-refractivity contribution in [1.82, 2.24) is 5.32 Å². The first-order valence-electron chi connectivity index (χ1n) is 5.22. The van der Waals surface area contributed by atoms with Gasteiger partial charge in [0.2, 0.25) is 0 Å². The Hall–Kier alpha value is -0.410. The van der Waals surface area contributed by atoms with E-state index < -0.39 is 0 Å². The van der Waals surface area contributed by atoms with Gasteiger partial charge >= 0.3 is 0 Å². The summed E-state index contributed by atoms with van der Waals surface area (Å²) in [6.45, 7) is 3.24. The number of aryl methyl sites for hydroxylation is 1. The third kappa shape index (κ3) is 4.31. The molecule has 0 fully saturated rings. The van der Waals surface area contributed by atoms with Crippen molar-refractivity contribution in [3.63, 3.8) is 0 Å². The molecule has 1 nitrogen and oxygen atoms in total. The van der Waals surface area contributed by atoms with Gasteiger partial charge in [0, 0.05) is 4.47 Å². The molecule has 0 aliphatic carbocycles. The van der Waals surface area contributed by atoms with Gasteiger partial charge in [-0.1, -0.05) is 28.9 Å². The van der Waals surface area contributed by atoms with Crippen LogP contribution in [0.2, 0.25) is 0 Å². The van der Waals surface area contributed by atoms with Gasteiger partial charge in [0.05, 0.1) is 0 Å². The number of rotatable bonds is 5. The fraction of sp³-hybridized carbons (Fsp3) is 0.500. The molecule has 0 aliphatic rings. The smallest absolute Gasteiger partial charge is 0.124 e. The standard InChI is InChI=1S/C12H17BrFN/c1-9(8-15-2)3-4-10-5-6-11(14)7-12(10)13/h5-7,9,15H,3-4,8H2,1-2H3. The zero-order valence-corrected chi connectivity index (χ0v) is 10.8. The predicted octanol–water partition coefficient (Wildman–Crippen LogP) is 3.38. The third-order valence-corrected chi connectivity index (χ3v) is 3.21. The van der Waals surface area contributed by atoms with Crippen LogP contribution in [0.1, 0.15) is 18.9 Å². The minimum absolute atomic E-state index is 0.186. The van der Waals surface area contributed by atoms with E-state index in [-0.39, 0.29) is 5.82 Å². The van der Waals surface area contributed by atoms with Crippen molar-refractivity contribution in [2.45, 2.75) is 19.8 Å². The molecule has 0 bridgehead atoms. The van der Waals surface area contributed by atoms with Crippen molar-refractivity contribution in [2.75, 3.05) is 13.6 Å². The highest BCUT2D eigenvalue weighted by Crippen LogP contribution is 2.20. The number of hydrogen-bond acceptors (Lipinski definition) is 1. The average molecular weight is 274 g/mol. The van der Waals surface area contributed by atoms with Crippen molar-refractivity contribution >= 4 is 15.9 Å². The largest absolute Gasteiger partial charge is 0.319 e. The molecule has 1 N–H and O–H groups in total. The molecule has 1 unspecified atom stereocenters. The van der Waals surface area contributed by atoms with E-state index >= 15 is 0 Å². The van der Waals surface area contributed by atoms with Crippen LogP contribution in [-0.2, 0) is 6.42 Å². The second-order valence-electron chi connectivity index (χ2n) is 3.94. The van der Waals surface area contributed by atoms with E-state index in [2.05, 4.69) is 28.2 Å². The third-order valence-electron chi connectivity index (χ3n) is 2.47. The van der Waals surface area contributed by atoms with Gasteiger partial charge in [-0.25, -0.2) is 4.39 Å². The van der Waals surface area contributed by atoms with Crippen molar-refractivity contribution in [3.05, 3.63) is 34.1 Å². The average Bonchev–Trinajstić information content (AvgIpc) is 2.17. The maximum absolute atomic E-state index is 12.8. The lowest BCUT2D eigenvalue weighted by atomic mass is 10.0. The summed E-state index contributed by atoms with van der Waals surface area (Å²) in [6, 6.07) is 4.90. The van der Waals surface area contributed by atoms with Crippen LogP contribution in [0.15, 0.2) is 22.7 Å². The van der Waals surface area contributed by atoms with Gasteiger partial charge < -0.3 is 5.32 Å². The van der Waals surface area contributed by atoms with E-state index in [1.165, 1.54) is 17.7 Å². The van der Waals surface area contributed by atoms with Gasteiger partial charge in [0.25, 0.3) is 0 Å². The minimum atomic E-state index is -0.186. The van der Waals surface area contributed by atoms with Crippen LogP contribution in [0, 0.1) is 11.7 Å². The van der Waals surface area contributed by atoms with Gasteiger partial charge in [-0.3, -0.25) is 0 Å². The highest BCUT2D eigenvalue weighted by Gasteiger charge is 2.05. The first-order chi connectivity index (χ1) is 7.13. The molecule has 15 heavy (non-hydrogen) atoms. The number of benzene rings is 1. The lowest BCUT2D eigenvalue weighted by Gasteiger charge is -2.11. The summed E-state index contributed by atoms with van der Waals surface area (Å²) < 4.78 is 13.7. The molecular weight excluding hydrogens is 257 g/mol. The second kappa shape index (κ2) is 6.23. The number of nitrogens with one attached hydrogen (secondary N) is 1. The zero-order chi connectivity index (χ0) is 11.3. The molecule has 0 aromatic heterocycles. The van der Waals surface area contributed by atoms with E-state index in [9.17, 15) is 4.39 Å². The Bertz CT molecular complexity index is 314. The Kier molecular flexibility index (Phi) is 5.26. The van der Waals surface area contributed by atoms with Gasteiger partial charge in [-0.15, -0.1) is 0 Å². The molecule has 1 rings (SSSR count). The molecule has 0 amide bonds. The van der Waals surface area contributed by atoms with E-state index in [1.54, 1.807) is 0 Å². The molecule has 0 heterocycles. The monoisotopic (exact) mass is 273 g/mol. The Labute approximate surface area is 99.2 Å². The first kappa shape index (κ1) is 12.7. The summed E-state index contributed by atoms with van der Waals surface area (Å²) in [5.41, 5.74) is 1.18. The maximum Gasteiger partial charge on any atom is 0.124 e. The maximum atomic E-state index is 12.8. The molecule has 0 saturated carbocycles. The topological polar surface area (TPSA) is 12.0 Å². The van der Waals surface area contributed by atoms with Crippen molar-refractivity contribution in [2.24, 2.45) is 5.92 Å². The highest BCUT2D eigenvalue weighted by molar-refractivity contribution is 9.10. The van der Waals surface area contributed by atoms with Crippen molar-refractivity contribution < 1.29 is 4.39 Å².